The van der Waals surface area contributed by atoms with Crippen molar-refractivity contribution in [3.63, 3.8) is 0 Å². The Hall–Kier alpha value is -1.69. The molecule has 1 fully saturated rings. The minimum atomic E-state index is -0.269. The molecule has 0 radical (unpaired) electrons. The van der Waals surface area contributed by atoms with Gasteiger partial charge in [-0.25, -0.2) is 4.98 Å². The van der Waals surface area contributed by atoms with Crippen LogP contribution in [-0.2, 0) is 0 Å². The second kappa shape index (κ2) is 3.96. The normalized spacial score (nSPS) is 21.1. The van der Waals surface area contributed by atoms with Crippen molar-refractivity contribution in [2.45, 2.75) is 25.9 Å². The Morgan fingerprint density at radius 3 is 3.12 bits per heavy atom. The summed E-state index contributed by atoms with van der Waals surface area (Å²) in [5, 5.41) is 17.9. The molecule has 0 aliphatic carbocycles. The van der Waals surface area contributed by atoms with E-state index in [2.05, 4.69) is 20.1 Å². The second-order valence-electron chi connectivity index (χ2n) is 4.43. The maximum absolute atomic E-state index is 9.71. The molecule has 0 saturated carbocycles. The zero-order valence-corrected chi connectivity index (χ0v) is 9.74. The number of hydrogen-bond donors (Lipinski definition) is 1. The van der Waals surface area contributed by atoms with E-state index >= 15 is 0 Å². The maximum Gasteiger partial charge on any atom is 0.203 e. The molecule has 0 amide bonds. The quantitative estimate of drug-likeness (QED) is 0.772. The van der Waals surface area contributed by atoms with E-state index in [1.165, 1.54) is 0 Å². The van der Waals surface area contributed by atoms with Crippen LogP contribution in [0.25, 0.3) is 5.65 Å². The molecule has 1 aliphatic heterocycles. The zero-order chi connectivity index (χ0) is 11.8. The number of nitrogens with zero attached hydrogens (tertiary/aromatic N) is 5. The van der Waals surface area contributed by atoms with Crippen molar-refractivity contribution >= 4 is 11.5 Å². The molecule has 1 saturated heterocycles. The summed E-state index contributed by atoms with van der Waals surface area (Å²) in [6.07, 6.45) is 5.19. The summed E-state index contributed by atoms with van der Waals surface area (Å²) in [7, 11) is 0. The monoisotopic (exact) mass is 233 g/mol. The first-order chi connectivity index (χ1) is 8.25. The van der Waals surface area contributed by atoms with Gasteiger partial charge in [0.1, 0.15) is 5.82 Å². The molecule has 3 rings (SSSR count). The SMILES string of the molecule is Cc1nnc2c(N3CCCC(O)C3)nccn12. The molecule has 1 aliphatic rings. The van der Waals surface area contributed by atoms with Gasteiger partial charge in [-0.3, -0.25) is 4.40 Å². The van der Waals surface area contributed by atoms with Gasteiger partial charge in [-0.1, -0.05) is 0 Å². The lowest BCUT2D eigenvalue weighted by Gasteiger charge is -2.30. The molecular formula is C11H15N5O. The highest BCUT2D eigenvalue weighted by Crippen LogP contribution is 2.21. The van der Waals surface area contributed by atoms with Crippen LogP contribution in [0.1, 0.15) is 18.7 Å². The number of fused-ring (bicyclic) bond motifs is 1. The van der Waals surface area contributed by atoms with Crippen molar-refractivity contribution in [3.05, 3.63) is 18.2 Å². The van der Waals surface area contributed by atoms with E-state index in [0.29, 0.717) is 6.54 Å². The average molecular weight is 233 g/mol. The van der Waals surface area contributed by atoms with Crippen LogP contribution < -0.4 is 4.90 Å². The minimum absolute atomic E-state index is 0.269. The van der Waals surface area contributed by atoms with E-state index in [1.807, 2.05) is 17.5 Å². The molecule has 6 heteroatoms. The van der Waals surface area contributed by atoms with Crippen molar-refractivity contribution in [1.29, 1.82) is 0 Å². The molecule has 3 heterocycles. The Bertz CT molecular complexity index is 538. The number of piperidine rings is 1. The predicted molar refractivity (Wildman–Crippen MR) is 63.0 cm³/mol. The van der Waals surface area contributed by atoms with Gasteiger partial charge in [0.25, 0.3) is 0 Å². The van der Waals surface area contributed by atoms with Crippen molar-refractivity contribution in [2.24, 2.45) is 0 Å². The third-order valence-corrected chi connectivity index (χ3v) is 3.17. The molecule has 2 aromatic heterocycles. The van der Waals surface area contributed by atoms with Gasteiger partial charge < -0.3 is 10.0 Å². The first kappa shape index (κ1) is 10.5. The lowest BCUT2D eigenvalue weighted by Crippen LogP contribution is -2.39. The summed E-state index contributed by atoms with van der Waals surface area (Å²) in [4.78, 5) is 6.45. The van der Waals surface area contributed by atoms with Crippen LogP contribution in [0.15, 0.2) is 12.4 Å². The number of aromatic nitrogens is 4. The molecule has 2 aromatic rings. The standard InChI is InChI=1S/C11H15N5O/c1-8-13-14-11-10(12-4-6-16(8)11)15-5-2-3-9(17)7-15/h4,6,9,17H,2-3,5,7H2,1H3. The van der Waals surface area contributed by atoms with Gasteiger partial charge in [-0.2, -0.15) is 0 Å². The largest absolute Gasteiger partial charge is 0.391 e. The van der Waals surface area contributed by atoms with Gasteiger partial charge in [0.05, 0.1) is 6.10 Å². The van der Waals surface area contributed by atoms with E-state index in [-0.39, 0.29) is 6.10 Å². The lowest BCUT2D eigenvalue weighted by atomic mass is 10.1. The molecule has 0 aromatic carbocycles. The molecule has 6 nitrogen and oxygen atoms in total. The number of aliphatic hydroxyl groups is 1. The van der Waals surface area contributed by atoms with Crippen LogP contribution >= 0.6 is 0 Å². The van der Waals surface area contributed by atoms with Crippen LogP contribution in [0.5, 0.6) is 0 Å². The van der Waals surface area contributed by atoms with Gasteiger partial charge in [0.15, 0.2) is 5.82 Å². The van der Waals surface area contributed by atoms with E-state index in [0.717, 1.165) is 36.7 Å². The Kier molecular flexibility index (Phi) is 2.44. The first-order valence-electron chi connectivity index (χ1n) is 5.85. The smallest absolute Gasteiger partial charge is 0.203 e. The van der Waals surface area contributed by atoms with Crippen molar-refractivity contribution in [1.82, 2.24) is 19.6 Å². The van der Waals surface area contributed by atoms with Gasteiger partial charge in [0.2, 0.25) is 5.65 Å². The Morgan fingerprint density at radius 1 is 1.41 bits per heavy atom. The van der Waals surface area contributed by atoms with Crippen molar-refractivity contribution < 1.29 is 5.11 Å². The summed E-state index contributed by atoms with van der Waals surface area (Å²) in [6, 6.07) is 0. The molecule has 1 atom stereocenters. The topological polar surface area (TPSA) is 66.5 Å². The number of β-amino-alcohol motifs (C(OH)–C–C–N with tert-alkyl or cyclic N) is 1. The van der Waals surface area contributed by atoms with Gasteiger partial charge in [-0.15, -0.1) is 10.2 Å². The van der Waals surface area contributed by atoms with Crippen LogP contribution in [0.2, 0.25) is 0 Å². The number of anilines is 1. The van der Waals surface area contributed by atoms with E-state index in [9.17, 15) is 5.11 Å². The fourth-order valence-corrected chi connectivity index (χ4v) is 2.30. The average Bonchev–Trinajstić information content (AvgIpc) is 2.71. The second-order valence-corrected chi connectivity index (χ2v) is 4.43. The first-order valence-corrected chi connectivity index (χ1v) is 5.85. The number of rotatable bonds is 1. The summed E-state index contributed by atoms with van der Waals surface area (Å²) in [5.74, 6) is 1.66. The Morgan fingerprint density at radius 2 is 2.29 bits per heavy atom. The summed E-state index contributed by atoms with van der Waals surface area (Å²) >= 11 is 0. The molecule has 1 unspecified atom stereocenters. The van der Waals surface area contributed by atoms with Crippen molar-refractivity contribution in [2.75, 3.05) is 18.0 Å². The van der Waals surface area contributed by atoms with E-state index in [4.69, 9.17) is 0 Å². The van der Waals surface area contributed by atoms with E-state index in [1.54, 1.807) is 6.20 Å². The fraction of sp³-hybridized carbons (Fsp3) is 0.545. The summed E-state index contributed by atoms with van der Waals surface area (Å²) in [6.45, 7) is 3.45. The highest BCUT2D eigenvalue weighted by atomic mass is 16.3. The zero-order valence-electron chi connectivity index (χ0n) is 9.74. The highest BCUT2D eigenvalue weighted by molar-refractivity contribution is 5.63. The van der Waals surface area contributed by atoms with E-state index < -0.39 is 0 Å². The fourth-order valence-electron chi connectivity index (χ4n) is 2.30. The Labute approximate surface area is 98.9 Å². The lowest BCUT2D eigenvalue weighted by molar-refractivity contribution is 0.154. The van der Waals surface area contributed by atoms with Gasteiger partial charge in [-0.05, 0) is 19.8 Å². The molecular weight excluding hydrogens is 218 g/mol. The molecule has 0 spiro atoms. The third-order valence-electron chi connectivity index (χ3n) is 3.17. The molecule has 1 N–H and O–H groups in total. The van der Waals surface area contributed by atoms with Gasteiger partial charge >= 0.3 is 0 Å². The van der Waals surface area contributed by atoms with Crippen LogP contribution in [0.3, 0.4) is 0 Å². The molecule has 0 bridgehead atoms. The number of aliphatic hydroxyl groups excluding tert-OH is 1. The minimum Gasteiger partial charge on any atom is -0.391 e. The summed E-state index contributed by atoms with van der Waals surface area (Å²) in [5.41, 5.74) is 0.763. The maximum atomic E-state index is 9.71. The Balaban J connectivity index is 2.04. The number of hydrogen-bond acceptors (Lipinski definition) is 5. The molecule has 90 valence electrons. The summed E-state index contributed by atoms with van der Waals surface area (Å²) < 4.78 is 1.92. The number of aryl methyl sites for hydroxylation is 1. The molecule has 17 heavy (non-hydrogen) atoms. The third kappa shape index (κ3) is 1.74. The van der Waals surface area contributed by atoms with Crippen LogP contribution in [0, 0.1) is 6.92 Å². The van der Waals surface area contributed by atoms with Crippen molar-refractivity contribution in [3.8, 4) is 0 Å². The van der Waals surface area contributed by atoms with Gasteiger partial charge in [0, 0.05) is 25.5 Å². The van der Waals surface area contributed by atoms with Crippen LogP contribution in [0.4, 0.5) is 5.82 Å². The predicted octanol–water partition coefficient (Wildman–Crippen LogP) is 0.394. The van der Waals surface area contributed by atoms with Crippen LogP contribution in [-0.4, -0.2) is 43.9 Å². The highest BCUT2D eigenvalue weighted by Gasteiger charge is 2.21.